The summed E-state index contributed by atoms with van der Waals surface area (Å²) in [4.78, 5) is 6.62. The van der Waals surface area contributed by atoms with Crippen LogP contribution >= 0.6 is 0 Å². The summed E-state index contributed by atoms with van der Waals surface area (Å²) in [5.74, 6) is 0.959. The number of nitrogens with zero attached hydrogens (tertiary/aromatic N) is 2. The summed E-state index contributed by atoms with van der Waals surface area (Å²) in [6.45, 7) is 8.55. The van der Waals surface area contributed by atoms with Crippen LogP contribution in [0, 0.1) is 0 Å². The van der Waals surface area contributed by atoms with Crippen LogP contribution in [0.3, 0.4) is 0 Å². The van der Waals surface area contributed by atoms with E-state index in [0.29, 0.717) is 12.6 Å². The van der Waals surface area contributed by atoms with E-state index in [1.165, 1.54) is 5.56 Å². The Hall–Kier alpha value is -1.13. The number of rotatable bonds is 4. The average molecular weight is 249 g/mol. The van der Waals surface area contributed by atoms with Crippen molar-refractivity contribution in [3.8, 4) is 0 Å². The lowest BCUT2D eigenvalue weighted by atomic mass is 10.1. The second-order valence-electron chi connectivity index (χ2n) is 5.73. The fourth-order valence-corrected chi connectivity index (χ4v) is 2.17. The van der Waals surface area contributed by atoms with Crippen LogP contribution in [0.4, 0.5) is 5.82 Å². The van der Waals surface area contributed by atoms with E-state index in [4.69, 9.17) is 0 Å². The molecule has 0 radical (unpaired) electrons. The number of hydrogen-bond acceptors (Lipinski definition) is 4. The van der Waals surface area contributed by atoms with E-state index in [-0.39, 0.29) is 0 Å². The van der Waals surface area contributed by atoms with Gasteiger partial charge in [-0.15, -0.1) is 0 Å². The number of pyridine rings is 1. The van der Waals surface area contributed by atoms with E-state index < -0.39 is 5.60 Å². The summed E-state index contributed by atoms with van der Waals surface area (Å²) < 4.78 is 0. The number of hydrogen-bond donors (Lipinski definition) is 2. The van der Waals surface area contributed by atoms with E-state index in [9.17, 15) is 5.11 Å². The molecule has 2 heterocycles. The van der Waals surface area contributed by atoms with Crippen molar-refractivity contribution in [3.63, 3.8) is 0 Å². The maximum atomic E-state index is 9.95. The van der Waals surface area contributed by atoms with Crippen molar-refractivity contribution in [1.82, 2.24) is 10.3 Å². The fourth-order valence-electron chi connectivity index (χ4n) is 2.17. The van der Waals surface area contributed by atoms with Gasteiger partial charge in [0.25, 0.3) is 0 Å². The standard InChI is InChI=1S/C14H23N3O/c1-11(2)15-8-12-4-5-13(16-9-12)17-7-6-14(3,18)10-17/h4-5,9,11,15,18H,6-8,10H2,1-3H3. The van der Waals surface area contributed by atoms with Gasteiger partial charge < -0.3 is 15.3 Å². The highest BCUT2D eigenvalue weighted by Crippen LogP contribution is 2.24. The number of β-amino-alcohol motifs (C(OH)–C–C–N with tert-alkyl or cyclic N) is 1. The van der Waals surface area contributed by atoms with Gasteiger partial charge in [0.15, 0.2) is 0 Å². The predicted molar refractivity (Wildman–Crippen MR) is 73.7 cm³/mol. The van der Waals surface area contributed by atoms with Crippen molar-refractivity contribution >= 4 is 5.82 Å². The van der Waals surface area contributed by atoms with E-state index in [0.717, 1.165) is 25.3 Å². The highest BCUT2D eigenvalue weighted by Gasteiger charge is 2.31. The van der Waals surface area contributed by atoms with Gasteiger partial charge in [0.05, 0.1) is 5.60 Å². The summed E-state index contributed by atoms with van der Waals surface area (Å²) in [7, 11) is 0. The molecule has 0 aromatic carbocycles. The molecule has 1 saturated heterocycles. The normalized spacial score (nSPS) is 23.9. The third kappa shape index (κ3) is 3.43. The molecule has 0 bridgehead atoms. The summed E-state index contributed by atoms with van der Waals surface area (Å²) in [6, 6.07) is 4.63. The number of nitrogens with one attached hydrogen (secondary N) is 1. The Morgan fingerprint density at radius 3 is 2.78 bits per heavy atom. The molecule has 1 fully saturated rings. The molecule has 2 N–H and O–H groups in total. The number of aromatic nitrogens is 1. The average Bonchev–Trinajstić information content (AvgIpc) is 2.68. The smallest absolute Gasteiger partial charge is 0.128 e. The minimum absolute atomic E-state index is 0.485. The van der Waals surface area contributed by atoms with Crippen LogP contribution in [0.5, 0.6) is 0 Å². The van der Waals surface area contributed by atoms with E-state index in [1.807, 2.05) is 19.2 Å². The van der Waals surface area contributed by atoms with Crippen LogP contribution in [0.25, 0.3) is 0 Å². The Morgan fingerprint density at radius 2 is 2.28 bits per heavy atom. The van der Waals surface area contributed by atoms with Crippen molar-refractivity contribution in [2.24, 2.45) is 0 Å². The molecule has 0 spiro atoms. The van der Waals surface area contributed by atoms with Gasteiger partial charge in [0, 0.05) is 31.9 Å². The quantitative estimate of drug-likeness (QED) is 0.850. The lowest BCUT2D eigenvalue weighted by Gasteiger charge is -2.20. The van der Waals surface area contributed by atoms with Crippen LogP contribution in [0.2, 0.25) is 0 Å². The van der Waals surface area contributed by atoms with Crippen LogP contribution in [-0.4, -0.2) is 34.8 Å². The van der Waals surface area contributed by atoms with Crippen molar-refractivity contribution in [2.75, 3.05) is 18.0 Å². The highest BCUT2D eigenvalue weighted by molar-refractivity contribution is 5.41. The van der Waals surface area contributed by atoms with Crippen molar-refractivity contribution in [2.45, 2.75) is 45.4 Å². The number of anilines is 1. The maximum absolute atomic E-state index is 9.95. The molecule has 0 saturated carbocycles. The number of aliphatic hydroxyl groups is 1. The summed E-state index contributed by atoms with van der Waals surface area (Å²) >= 11 is 0. The first-order valence-corrected chi connectivity index (χ1v) is 6.62. The predicted octanol–water partition coefficient (Wildman–Crippen LogP) is 1.54. The molecule has 1 unspecified atom stereocenters. The lowest BCUT2D eigenvalue weighted by Crippen LogP contribution is -2.30. The van der Waals surface area contributed by atoms with E-state index in [2.05, 4.69) is 35.1 Å². The third-order valence-electron chi connectivity index (χ3n) is 3.30. The lowest BCUT2D eigenvalue weighted by molar-refractivity contribution is 0.0839. The van der Waals surface area contributed by atoms with Crippen LogP contribution in [0.15, 0.2) is 18.3 Å². The van der Waals surface area contributed by atoms with Gasteiger partial charge in [0.1, 0.15) is 5.82 Å². The molecule has 1 aromatic rings. The molecule has 1 aliphatic heterocycles. The minimum atomic E-state index is -0.570. The Kier molecular flexibility index (Phi) is 3.88. The van der Waals surface area contributed by atoms with Gasteiger partial charge >= 0.3 is 0 Å². The molecular formula is C14H23N3O. The topological polar surface area (TPSA) is 48.4 Å². The van der Waals surface area contributed by atoms with Crippen molar-refractivity contribution in [3.05, 3.63) is 23.9 Å². The van der Waals surface area contributed by atoms with E-state index in [1.54, 1.807) is 0 Å². The van der Waals surface area contributed by atoms with Gasteiger partial charge in [-0.3, -0.25) is 0 Å². The zero-order valence-corrected chi connectivity index (χ0v) is 11.5. The summed E-state index contributed by atoms with van der Waals surface area (Å²) in [5.41, 5.74) is 0.623. The Morgan fingerprint density at radius 1 is 1.50 bits per heavy atom. The van der Waals surface area contributed by atoms with Gasteiger partial charge in [-0.05, 0) is 25.0 Å². The first-order valence-electron chi connectivity index (χ1n) is 6.62. The molecule has 0 aliphatic carbocycles. The van der Waals surface area contributed by atoms with Gasteiger partial charge in [-0.25, -0.2) is 4.98 Å². The zero-order valence-electron chi connectivity index (χ0n) is 11.5. The maximum Gasteiger partial charge on any atom is 0.128 e. The van der Waals surface area contributed by atoms with Crippen LogP contribution in [-0.2, 0) is 6.54 Å². The monoisotopic (exact) mass is 249 g/mol. The van der Waals surface area contributed by atoms with Crippen molar-refractivity contribution in [1.29, 1.82) is 0 Å². The molecule has 100 valence electrons. The molecule has 1 aromatic heterocycles. The van der Waals surface area contributed by atoms with Gasteiger partial charge in [-0.2, -0.15) is 0 Å². The molecule has 4 heteroatoms. The fraction of sp³-hybridized carbons (Fsp3) is 0.643. The SMILES string of the molecule is CC(C)NCc1ccc(N2CCC(C)(O)C2)nc1. The molecule has 2 rings (SSSR count). The van der Waals surface area contributed by atoms with Crippen LogP contribution in [0.1, 0.15) is 32.8 Å². The highest BCUT2D eigenvalue weighted by atomic mass is 16.3. The second kappa shape index (κ2) is 5.24. The van der Waals surface area contributed by atoms with Crippen molar-refractivity contribution < 1.29 is 5.11 Å². The van der Waals surface area contributed by atoms with E-state index >= 15 is 0 Å². The largest absolute Gasteiger partial charge is 0.388 e. The first kappa shape index (κ1) is 13.3. The first-order chi connectivity index (χ1) is 8.46. The minimum Gasteiger partial charge on any atom is -0.388 e. The van der Waals surface area contributed by atoms with Gasteiger partial charge in [-0.1, -0.05) is 19.9 Å². The molecular weight excluding hydrogens is 226 g/mol. The third-order valence-corrected chi connectivity index (χ3v) is 3.30. The Labute approximate surface area is 109 Å². The summed E-state index contributed by atoms with van der Waals surface area (Å²) in [5, 5.41) is 13.3. The summed E-state index contributed by atoms with van der Waals surface area (Å²) in [6.07, 6.45) is 2.73. The zero-order chi connectivity index (χ0) is 13.2. The molecule has 0 amide bonds. The molecule has 18 heavy (non-hydrogen) atoms. The Bertz CT molecular complexity index is 387. The van der Waals surface area contributed by atoms with Gasteiger partial charge in [0.2, 0.25) is 0 Å². The Balaban J connectivity index is 1.96. The second-order valence-corrected chi connectivity index (χ2v) is 5.73. The van der Waals surface area contributed by atoms with Crippen LogP contribution < -0.4 is 10.2 Å². The molecule has 1 atom stereocenters. The molecule has 4 nitrogen and oxygen atoms in total. The molecule has 1 aliphatic rings.